The van der Waals surface area contributed by atoms with Crippen molar-refractivity contribution in [2.45, 2.75) is 58.4 Å². The predicted octanol–water partition coefficient (Wildman–Crippen LogP) is 2.20. The molecule has 1 amide bonds. The minimum Gasteiger partial charge on any atom is -0.468 e. The Bertz CT molecular complexity index is 543. The summed E-state index contributed by atoms with van der Waals surface area (Å²) < 4.78 is 5.75. The maximum atomic E-state index is 12.4. The summed E-state index contributed by atoms with van der Waals surface area (Å²) in [6.45, 7) is 6.21. The molecular weight excluding hydrogens is 318 g/mol. The number of nitrogens with one attached hydrogen (secondary N) is 2. The molecule has 0 heterocycles. The van der Waals surface area contributed by atoms with Gasteiger partial charge in [0.15, 0.2) is 6.23 Å². The fourth-order valence-electron chi connectivity index (χ4n) is 2.22. The third-order valence-corrected chi connectivity index (χ3v) is 3.69. The van der Waals surface area contributed by atoms with Crippen LogP contribution in [-0.2, 0) is 4.79 Å². The van der Waals surface area contributed by atoms with E-state index in [1.165, 1.54) is 0 Å². The van der Waals surface area contributed by atoms with Crippen molar-refractivity contribution >= 4 is 5.91 Å². The molecule has 3 unspecified atom stereocenters. The van der Waals surface area contributed by atoms with Gasteiger partial charge in [0.05, 0.1) is 6.07 Å². The number of carbonyl (C=O) groups excluding carboxylic acids is 1. The van der Waals surface area contributed by atoms with Gasteiger partial charge in [0.25, 0.3) is 0 Å². The molecule has 0 spiro atoms. The molecule has 0 saturated heterocycles. The van der Waals surface area contributed by atoms with Crippen LogP contribution in [0.15, 0.2) is 30.3 Å². The molecule has 0 saturated carbocycles. The van der Waals surface area contributed by atoms with Gasteiger partial charge in [-0.3, -0.25) is 4.79 Å². The van der Waals surface area contributed by atoms with E-state index in [2.05, 4.69) is 10.6 Å². The Kier molecular flexibility index (Phi) is 9.60. The smallest absolute Gasteiger partial charge is 0.240 e. The zero-order chi connectivity index (χ0) is 18.7. The molecule has 3 atom stereocenters. The third-order valence-electron chi connectivity index (χ3n) is 3.69. The Morgan fingerprint density at radius 2 is 2.00 bits per heavy atom. The van der Waals surface area contributed by atoms with Gasteiger partial charge < -0.3 is 20.5 Å². The van der Waals surface area contributed by atoms with Crippen molar-refractivity contribution in [2.24, 2.45) is 5.92 Å². The topological polar surface area (TPSA) is 94.4 Å². The van der Waals surface area contributed by atoms with Crippen LogP contribution in [-0.4, -0.2) is 35.9 Å². The maximum Gasteiger partial charge on any atom is 0.240 e. The lowest BCUT2D eigenvalue weighted by Gasteiger charge is -2.27. The molecule has 25 heavy (non-hydrogen) atoms. The standard InChI is InChI=1S/C19H29N3O3/c1-4-5-9-15(12-20)18(24)22-19(17(23)13-21-14(2)3)25-16-10-7-6-8-11-16/h6-8,10-11,14-15,17,19,21,23H,4-5,9,13H2,1-3H3,(H,22,24). The van der Waals surface area contributed by atoms with E-state index in [1.807, 2.05) is 45.0 Å². The second-order valence-corrected chi connectivity index (χ2v) is 6.31. The third kappa shape index (κ3) is 8.01. The first-order valence-corrected chi connectivity index (χ1v) is 8.81. The van der Waals surface area contributed by atoms with E-state index in [4.69, 9.17) is 4.74 Å². The lowest BCUT2D eigenvalue weighted by Crippen LogP contribution is -2.52. The summed E-state index contributed by atoms with van der Waals surface area (Å²) in [6.07, 6.45) is 0.330. The van der Waals surface area contributed by atoms with Gasteiger partial charge in [-0.1, -0.05) is 51.8 Å². The summed E-state index contributed by atoms with van der Waals surface area (Å²) in [5.41, 5.74) is 0. The van der Waals surface area contributed by atoms with Crippen molar-refractivity contribution in [3.05, 3.63) is 30.3 Å². The number of hydrogen-bond donors (Lipinski definition) is 3. The highest BCUT2D eigenvalue weighted by atomic mass is 16.5. The van der Waals surface area contributed by atoms with Crippen LogP contribution in [0.1, 0.15) is 40.0 Å². The van der Waals surface area contributed by atoms with Crippen LogP contribution in [0.2, 0.25) is 0 Å². The van der Waals surface area contributed by atoms with E-state index < -0.39 is 24.2 Å². The van der Waals surface area contributed by atoms with Crippen LogP contribution >= 0.6 is 0 Å². The molecule has 0 aromatic heterocycles. The van der Waals surface area contributed by atoms with Crippen molar-refractivity contribution in [3.8, 4) is 11.8 Å². The molecule has 0 aliphatic heterocycles. The summed E-state index contributed by atoms with van der Waals surface area (Å²) in [7, 11) is 0. The molecule has 0 aliphatic rings. The zero-order valence-corrected chi connectivity index (χ0v) is 15.2. The van der Waals surface area contributed by atoms with Crippen LogP contribution in [0.4, 0.5) is 0 Å². The minimum atomic E-state index is -0.947. The van der Waals surface area contributed by atoms with Crippen LogP contribution in [0.25, 0.3) is 0 Å². The number of amides is 1. The Morgan fingerprint density at radius 3 is 2.56 bits per heavy atom. The predicted molar refractivity (Wildman–Crippen MR) is 96.8 cm³/mol. The normalized spacial score (nSPS) is 14.4. The van der Waals surface area contributed by atoms with Gasteiger partial charge in [-0.2, -0.15) is 5.26 Å². The number of ether oxygens (including phenoxy) is 1. The Hall–Kier alpha value is -2.10. The van der Waals surface area contributed by atoms with Crippen LogP contribution in [0, 0.1) is 17.2 Å². The van der Waals surface area contributed by atoms with E-state index in [1.54, 1.807) is 12.1 Å². The minimum absolute atomic E-state index is 0.194. The summed E-state index contributed by atoms with van der Waals surface area (Å²) in [5.74, 6) is -0.619. The number of nitriles is 1. The van der Waals surface area contributed by atoms with E-state index in [9.17, 15) is 15.2 Å². The second kappa shape index (κ2) is 11.5. The van der Waals surface area contributed by atoms with E-state index in [-0.39, 0.29) is 12.6 Å². The number of nitrogens with zero attached hydrogens (tertiary/aromatic N) is 1. The monoisotopic (exact) mass is 347 g/mol. The molecule has 6 nitrogen and oxygen atoms in total. The molecule has 1 rings (SSSR count). The summed E-state index contributed by atoms with van der Waals surface area (Å²) in [5, 5.41) is 25.4. The molecule has 1 aromatic carbocycles. The van der Waals surface area contributed by atoms with E-state index >= 15 is 0 Å². The zero-order valence-electron chi connectivity index (χ0n) is 15.2. The maximum absolute atomic E-state index is 12.4. The number of aliphatic hydroxyl groups excluding tert-OH is 1. The Labute approximate surface area is 150 Å². The number of carbonyl (C=O) groups is 1. The van der Waals surface area contributed by atoms with Crippen molar-refractivity contribution < 1.29 is 14.6 Å². The first-order chi connectivity index (χ1) is 12.0. The molecule has 6 heteroatoms. The lowest BCUT2D eigenvalue weighted by molar-refractivity contribution is -0.128. The molecule has 138 valence electrons. The quantitative estimate of drug-likeness (QED) is 0.534. The van der Waals surface area contributed by atoms with Gasteiger partial charge in [-0.15, -0.1) is 0 Å². The molecule has 1 aromatic rings. The first kappa shape index (κ1) is 20.9. The van der Waals surface area contributed by atoms with Crippen molar-refractivity contribution in [1.29, 1.82) is 5.26 Å². The average Bonchev–Trinajstić information content (AvgIpc) is 2.60. The molecular formula is C19H29N3O3. The van der Waals surface area contributed by atoms with Gasteiger partial charge in [0, 0.05) is 12.6 Å². The van der Waals surface area contributed by atoms with Gasteiger partial charge in [-0.25, -0.2) is 0 Å². The van der Waals surface area contributed by atoms with Crippen molar-refractivity contribution in [2.75, 3.05) is 6.54 Å². The average molecular weight is 347 g/mol. The number of rotatable bonds is 11. The van der Waals surface area contributed by atoms with E-state index in [0.717, 1.165) is 12.8 Å². The number of benzene rings is 1. The van der Waals surface area contributed by atoms with Crippen LogP contribution < -0.4 is 15.4 Å². The van der Waals surface area contributed by atoms with Crippen LogP contribution in [0.5, 0.6) is 5.75 Å². The lowest BCUT2D eigenvalue weighted by atomic mass is 10.0. The SMILES string of the molecule is CCCCC(C#N)C(=O)NC(Oc1ccccc1)C(O)CNC(C)C. The summed E-state index contributed by atoms with van der Waals surface area (Å²) in [4.78, 5) is 12.4. The highest BCUT2D eigenvalue weighted by Gasteiger charge is 2.27. The molecule has 0 fully saturated rings. The molecule has 0 radical (unpaired) electrons. The summed E-state index contributed by atoms with van der Waals surface area (Å²) in [6, 6.07) is 11.2. The number of unbranched alkanes of at least 4 members (excludes halogenated alkanes) is 1. The van der Waals surface area contributed by atoms with Gasteiger partial charge in [0.1, 0.15) is 17.8 Å². The molecule has 0 aliphatic carbocycles. The fraction of sp³-hybridized carbons (Fsp3) is 0.579. The highest BCUT2D eigenvalue weighted by Crippen LogP contribution is 2.13. The number of para-hydroxylation sites is 1. The number of hydrogen-bond acceptors (Lipinski definition) is 5. The first-order valence-electron chi connectivity index (χ1n) is 8.81. The highest BCUT2D eigenvalue weighted by molar-refractivity contribution is 5.81. The Balaban J connectivity index is 2.78. The fourth-order valence-corrected chi connectivity index (χ4v) is 2.22. The summed E-state index contributed by atoms with van der Waals surface area (Å²) >= 11 is 0. The van der Waals surface area contributed by atoms with Crippen molar-refractivity contribution in [3.63, 3.8) is 0 Å². The van der Waals surface area contributed by atoms with Gasteiger partial charge >= 0.3 is 0 Å². The Morgan fingerprint density at radius 1 is 1.32 bits per heavy atom. The van der Waals surface area contributed by atoms with Gasteiger partial charge in [-0.05, 0) is 18.6 Å². The van der Waals surface area contributed by atoms with Crippen LogP contribution in [0.3, 0.4) is 0 Å². The largest absolute Gasteiger partial charge is 0.468 e. The van der Waals surface area contributed by atoms with E-state index in [0.29, 0.717) is 12.2 Å². The molecule has 3 N–H and O–H groups in total. The van der Waals surface area contributed by atoms with Crippen molar-refractivity contribution in [1.82, 2.24) is 10.6 Å². The molecule has 0 bridgehead atoms. The second-order valence-electron chi connectivity index (χ2n) is 6.31. The number of aliphatic hydroxyl groups is 1. The van der Waals surface area contributed by atoms with Gasteiger partial charge in [0.2, 0.25) is 5.91 Å².